The van der Waals surface area contributed by atoms with Crippen molar-refractivity contribution in [2.75, 3.05) is 5.43 Å². The first-order valence-electron chi connectivity index (χ1n) is 4.87. The molecular formula is C10H11FN4OS. The quantitative estimate of drug-likeness (QED) is 0.643. The molecule has 0 unspecified atom stereocenters. The maximum absolute atomic E-state index is 13.4. The number of benzene rings is 1. The van der Waals surface area contributed by atoms with E-state index in [-0.39, 0.29) is 12.4 Å². The number of hydrogen-bond donors (Lipinski definition) is 2. The molecule has 3 N–H and O–H groups in total. The summed E-state index contributed by atoms with van der Waals surface area (Å²) in [5.41, 5.74) is 3.31. The van der Waals surface area contributed by atoms with E-state index in [1.54, 1.807) is 12.1 Å². The van der Waals surface area contributed by atoms with E-state index in [1.165, 1.54) is 17.4 Å². The van der Waals surface area contributed by atoms with Crippen molar-refractivity contribution in [1.82, 2.24) is 10.2 Å². The van der Waals surface area contributed by atoms with Crippen LogP contribution in [0.3, 0.4) is 0 Å². The third-order valence-corrected chi connectivity index (χ3v) is 2.86. The van der Waals surface area contributed by atoms with Crippen molar-refractivity contribution in [2.24, 2.45) is 5.84 Å². The Morgan fingerprint density at radius 3 is 3.00 bits per heavy atom. The average Bonchev–Trinajstić information content (AvgIpc) is 2.78. The predicted octanol–water partition coefficient (Wildman–Crippen LogP) is 1.85. The lowest BCUT2D eigenvalue weighted by atomic mass is 10.2. The summed E-state index contributed by atoms with van der Waals surface area (Å²) >= 11 is 1.26. The normalized spacial score (nSPS) is 10.3. The van der Waals surface area contributed by atoms with Gasteiger partial charge in [-0.15, -0.1) is 10.2 Å². The van der Waals surface area contributed by atoms with Crippen molar-refractivity contribution in [3.8, 4) is 5.75 Å². The minimum Gasteiger partial charge on any atom is -0.483 e. The van der Waals surface area contributed by atoms with Crippen molar-refractivity contribution in [2.45, 2.75) is 13.5 Å². The van der Waals surface area contributed by atoms with Gasteiger partial charge in [0, 0.05) is 0 Å². The highest BCUT2D eigenvalue weighted by Gasteiger charge is 2.07. The highest BCUT2D eigenvalue weighted by Crippen LogP contribution is 2.21. The lowest BCUT2D eigenvalue weighted by Crippen LogP contribution is -2.05. The van der Waals surface area contributed by atoms with Gasteiger partial charge in [0.25, 0.3) is 0 Å². The van der Waals surface area contributed by atoms with Crippen LogP contribution in [-0.2, 0) is 6.61 Å². The number of nitrogen functional groups attached to an aromatic ring is 1. The molecule has 2 rings (SSSR count). The topological polar surface area (TPSA) is 73.1 Å². The zero-order valence-electron chi connectivity index (χ0n) is 9.11. The van der Waals surface area contributed by atoms with Crippen LogP contribution in [0.1, 0.15) is 10.6 Å². The van der Waals surface area contributed by atoms with Crippen LogP contribution in [0.2, 0.25) is 0 Å². The van der Waals surface area contributed by atoms with E-state index < -0.39 is 5.82 Å². The molecule has 0 aliphatic carbocycles. The second kappa shape index (κ2) is 5.07. The van der Waals surface area contributed by atoms with Crippen LogP contribution in [-0.4, -0.2) is 10.2 Å². The molecule has 0 amide bonds. The zero-order valence-corrected chi connectivity index (χ0v) is 9.92. The van der Waals surface area contributed by atoms with Crippen LogP contribution in [0, 0.1) is 12.7 Å². The van der Waals surface area contributed by atoms with Gasteiger partial charge in [0.2, 0.25) is 5.13 Å². The van der Waals surface area contributed by atoms with E-state index in [2.05, 4.69) is 15.6 Å². The number of aromatic nitrogens is 2. The molecule has 0 aliphatic rings. The molecule has 0 saturated heterocycles. The predicted molar refractivity (Wildman–Crippen MR) is 63.2 cm³/mol. The van der Waals surface area contributed by atoms with Gasteiger partial charge in [-0.05, 0) is 24.6 Å². The molecule has 0 atom stereocenters. The molecule has 1 heterocycles. The van der Waals surface area contributed by atoms with Crippen LogP contribution >= 0.6 is 11.3 Å². The van der Waals surface area contributed by atoms with E-state index in [0.29, 0.717) is 10.1 Å². The summed E-state index contributed by atoms with van der Waals surface area (Å²) in [6.07, 6.45) is 0. The van der Waals surface area contributed by atoms with Crippen LogP contribution in [0.15, 0.2) is 18.2 Å². The summed E-state index contributed by atoms with van der Waals surface area (Å²) in [6.45, 7) is 2.04. The first kappa shape index (κ1) is 11.7. The summed E-state index contributed by atoms with van der Waals surface area (Å²) in [7, 11) is 0. The molecule has 0 aliphatic heterocycles. The number of hydrazine groups is 1. The minimum atomic E-state index is -0.391. The van der Waals surface area contributed by atoms with Gasteiger partial charge in [0.05, 0.1) is 0 Å². The Kier molecular flexibility index (Phi) is 3.50. The SMILES string of the molecule is Cc1ccc(F)c(OCc2nnc(NN)s2)c1. The molecule has 0 radical (unpaired) electrons. The van der Waals surface area contributed by atoms with Crippen molar-refractivity contribution in [1.29, 1.82) is 0 Å². The Morgan fingerprint density at radius 2 is 2.29 bits per heavy atom. The largest absolute Gasteiger partial charge is 0.483 e. The first-order valence-corrected chi connectivity index (χ1v) is 5.68. The zero-order chi connectivity index (χ0) is 12.3. The number of nitrogens with one attached hydrogen (secondary N) is 1. The summed E-state index contributed by atoms with van der Waals surface area (Å²) < 4.78 is 18.7. The van der Waals surface area contributed by atoms with Gasteiger partial charge in [-0.2, -0.15) is 0 Å². The Morgan fingerprint density at radius 1 is 1.47 bits per heavy atom. The second-order valence-corrected chi connectivity index (χ2v) is 4.43. The molecule has 17 heavy (non-hydrogen) atoms. The number of hydrogen-bond acceptors (Lipinski definition) is 6. The first-order chi connectivity index (χ1) is 8.19. The summed E-state index contributed by atoms with van der Waals surface area (Å²) in [5.74, 6) is 4.99. The lowest BCUT2D eigenvalue weighted by Gasteiger charge is -2.05. The second-order valence-electron chi connectivity index (χ2n) is 3.37. The van der Waals surface area contributed by atoms with E-state index >= 15 is 0 Å². The van der Waals surface area contributed by atoms with Crippen LogP contribution in [0.25, 0.3) is 0 Å². The molecule has 5 nitrogen and oxygen atoms in total. The Labute approximate surface area is 101 Å². The number of aryl methyl sites for hydroxylation is 1. The fraction of sp³-hybridized carbons (Fsp3) is 0.200. The Bertz CT molecular complexity index is 517. The van der Waals surface area contributed by atoms with Gasteiger partial charge >= 0.3 is 0 Å². The molecule has 0 saturated carbocycles. The lowest BCUT2D eigenvalue weighted by molar-refractivity contribution is 0.288. The number of anilines is 1. The van der Waals surface area contributed by atoms with Gasteiger partial charge < -0.3 is 4.74 Å². The molecular weight excluding hydrogens is 243 g/mol. The monoisotopic (exact) mass is 254 g/mol. The molecule has 0 fully saturated rings. The average molecular weight is 254 g/mol. The maximum atomic E-state index is 13.4. The van der Waals surface area contributed by atoms with Gasteiger partial charge in [-0.3, -0.25) is 5.43 Å². The number of nitrogens with two attached hydrogens (primary N) is 1. The summed E-state index contributed by atoms with van der Waals surface area (Å²) in [4.78, 5) is 0. The molecule has 2 aromatic rings. The summed E-state index contributed by atoms with van der Waals surface area (Å²) in [6, 6.07) is 4.69. The number of ether oxygens (including phenoxy) is 1. The highest BCUT2D eigenvalue weighted by molar-refractivity contribution is 7.15. The number of nitrogens with zero attached hydrogens (tertiary/aromatic N) is 2. The molecule has 0 spiro atoms. The fourth-order valence-corrected chi connectivity index (χ4v) is 1.79. The van der Waals surface area contributed by atoms with Gasteiger partial charge in [-0.1, -0.05) is 17.4 Å². The van der Waals surface area contributed by atoms with Crippen molar-refractivity contribution in [3.63, 3.8) is 0 Å². The molecule has 0 bridgehead atoms. The molecule has 1 aromatic carbocycles. The van der Waals surface area contributed by atoms with E-state index in [9.17, 15) is 4.39 Å². The molecule has 1 aromatic heterocycles. The van der Waals surface area contributed by atoms with Crippen LogP contribution in [0.4, 0.5) is 9.52 Å². The standard InChI is InChI=1S/C10H11FN4OS/c1-6-2-3-7(11)8(4-6)16-5-9-14-15-10(13-12)17-9/h2-4H,5,12H2,1H3,(H,13,15). The van der Waals surface area contributed by atoms with Crippen molar-refractivity contribution < 1.29 is 9.13 Å². The number of halogens is 1. The highest BCUT2D eigenvalue weighted by atomic mass is 32.1. The van der Waals surface area contributed by atoms with E-state index in [4.69, 9.17) is 10.6 Å². The van der Waals surface area contributed by atoms with Gasteiger partial charge in [0.15, 0.2) is 16.6 Å². The van der Waals surface area contributed by atoms with Crippen molar-refractivity contribution in [3.05, 3.63) is 34.6 Å². The number of rotatable bonds is 4. The van der Waals surface area contributed by atoms with Gasteiger partial charge in [-0.25, -0.2) is 10.2 Å². The third-order valence-electron chi connectivity index (χ3n) is 2.03. The van der Waals surface area contributed by atoms with Crippen molar-refractivity contribution >= 4 is 16.5 Å². The fourth-order valence-electron chi connectivity index (χ4n) is 1.23. The van der Waals surface area contributed by atoms with E-state index in [1.807, 2.05) is 6.92 Å². The van der Waals surface area contributed by atoms with Crippen LogP contribution < -0.4 is 16.0 Å². The van der Waals surface area contributed by atoms with Gasteiger partial charge in [0.1, 0.15) is 6.61 Å². The maximum Gasteiger partial charge on any atom is 0.219 e. The molecule has 7 heteroatoms. The smallest absolute Gasteiger partial charge is 0.219 e. The minimum absolute atomic E-state index is 0.166. The third kappa shape index (κ3) is 2.89. The molecule has 90 valence electrons. The van der Waals surface area contributed by atoms with E-state index in [0.717, 1.165) is 5.56 Å². The Balaban J connectivity index is 2.04. The Hall–Kier alpha value is -1.73. The summed E-state index contributed by atoms with van der Waals surface area (Å²) in [5, 5.41) is 8.70. The van der Waals surface area contributed by atoms with Crippen LogP contribution in [0.5, 0.6) is 5.75 Å².